The molecule has 0 saturated carbocycles. The van der Waals surface area contributed by atoms with Crippen LogP contribution in [-0.4, -0.2) is 31.6 Å². The Kier molecular flexibility index (Phi) is 5.63. The van der Waals surface area contributed by atoms with Crippen molar-refractivity contribution in [1.82, 2.24) is 4.90 Å². The molecule has 0 bridgehead atoms. The van der Waals surface area contributed by atoms with E-state index in [9.17, 15) is 4.79 Å². The van der Waals surface area contributed by atoms with Gasteiger partial charge >= 0.3 is 0 Å². The summed E-state index contributed by atoms with van der Waals surface area (Å²) in [4.78, 5) is 13.8. The highest BCUT2D eigenvalue weighted by atomic mass is 16.5. The van der Waals surface area contributed by atoms with Crippen LogP contribution in [0.3, 0.4) is 0 Å². The summed E-state index contributed by atoms with van der Waals surface area (Å²) in [6.07, 6.45) is 0. The van der Waals surface area contributed by atoms with E-state index in [4.69, 9.17) is 9.47 Å². The average Bonchev–Trinajstić information content (AvgIpc) is 2.56. The molecule has 1 amide bonds. The summed E-state index contributed by atoms with van der Waals surface area (Å²) < 4.78 is 10.7. The maximum Gasteiger partial charge on any atom is 0.260 e. The molecule has 0 radical (unpaired) electrons. The standard InChI is InChI=1S/C19H23NO3/c1-14-5-8-18(11-15(14)2)23-13-19(21)20(3)12-16-6-9-17(22-4)10-7-16/h5-11H,12-13H2,1-4H3. The van der Waals surface area contributed by atoms with E-state index >= 15 is 0 Å². The first-order valence-corrected chi connectivity index (χ1v) is 7.56. The highest BCUT2D eigenvalue weighted by molar-refractivity contribution is 5.77. The van der Waals surface area contributed by atoms with E-state index in [2.05, 4.69) is 0 Å². The van der Waals surface area contributed by atoms with Crippen LogP contribution < -0.4 is 9.47 Å². The Bertz CT molecular complexity index is 665. The molecule has 2 aromatic carbocycles. The zero-order valence-electron chi connectivity index (χ0n) is 14.1. The fraction of sp³-hybridized carbons (Fsp3) is 0.316. The summed E-state index contributed by atoms with van der Waals surface area (Å²) in [6, 6.07) is 13.5. The quantitative estimate of drug-likeness (QED) is 0.821. The van der Waals surface area contributed by atoms with Gasteiger partial charge in [-0.05, 0) is 54.8 Å². The summed E-state index contributed by atoms with van der Waals surface area (Å²) in [5.41, 5.74) is 3.41. The Labute approximate surface area is 137 Å². The van der Waals surface area contributed by atoms with Gasteiger partial charge in [-0.1, -0.05) is 18.2 Å². The van der Waals surface area contributed by atoms with E-state index < -0.39 is 0 Å². The molecule has 0 spiro atoms. The fourth-order valence-electron chi connectivity index (χ4n) is 2.15. The second-order valence-corrected chi connectivity index (χ2v) is 5.63. The zero-order valence-corrected chi connectivity index (χ0v) is 14.1. The molecular formula is C19H23NO3. The van der Waals surface area contributed by atoms with Gasteiger partial charge in [0.15, 0.2) is 6.61 Å². The number of hydrogen-bond acceptors (Lipinski definition) is 3. The van der Waals surface area contributed by atoms with Gasteiger partial charge in [-0.3, -0.25) is 4.79 Å². The van der Waals surface area contributed by atoms with Gasteiger partial charge in [0.1, 0.15) is 11.5 Å². The Morgan fingerprint density at radius 1 is 1.00 bits per heavy atom. The van der Waals surface area contributed by atoms with Crippen LogP contribution in [-0.2, 0) is 11.3 Å². The minimum Gasteiger partial charge on any atom is -0.497 e. The minimum absolute atomic E-state index is 0.0369. The molecule has 0 aliphatic rings. The molecule has 4 heteroatoms. The van der Waals surface area contributed by atoms with Crippen LogP contribution in [0, 0.1) is 13.8 Å². The van der Waals surface area contributed by atoms with Crippen molar-refractivity contribution in [2.24, 2.45) is 0 Å². The number of benzene rings is 2. The number of carbonyl (C=O) groups excluding carboxylic acids is 1. The largest absolute Gasteiger partial charge is 0.497 e. The SMILES string of the molecule is COc1ccc(CN(C)C(=O)COc2ccc(C)c(C)c2)cc1. The number of aryl methyl sites for hydroxylation is 2. The summed E-state index contributed by atoms with van der Waals surface area (Å²) in [5.74, 6) is 1.47. The van der Waals surface area contributed by atoms with E-state index in [0.717, 1.165) is 22.6 Å². The average molecular weight is 313 g/mol. The Morgan fingerprint density at radius 2 is 1.65 bits per heavy atom. The highest BCUT2D eigenvalue weighted by Gasteiger charge is 2.10. The molecule has 0 aromatic heterocycles. The smallest absolute Gasteiger partial charge is 0.260 e. The molecule has 0 saturated heterocycles. The predicted octanol–water partition coefficient (Wildman–Crippen LogP) is 3.35. The number of nitrogens with zero attached hydrogens (tertiary/aromatic N) is 1. The van der Waals surface area contributed by atoms with Crippen LogP contribution in [0.15, 0.2) is 42.5 Å². The number of rotatable bonds is 6. The molecule has 0 aliphatic carbocycles. The van der Waals surface area contributed by atoms with Crippen molar-refractivity contribution in [3.05, 3.63) is 59.2 Å². The van der Waals surface area contributed by atoms with E-state index in [0.29, 0.717) is 6.54 Å². The number of ether oxygens (including phenoxy) is 2. The van der Waals surface area contributed by atoms with Gasteiger partial charge in [0.2, 0.25) is 0 Å². The zero-order chi connectivity index (χ0) is 16.8. The minimum atomic E-state index is -0.0564. The lowest BCUT2D eigenvalue weighted by Gasteiger charge is -2.18. The molecule has 23 heavy (non-hydrogen) atoms. The summed E-state index contributed by atoms with van der Waals surface area (Å²) in [5, 5.41) is 0. The molecule has 0 heterocycles. The van der Waals surface area contributed by atoms with Gasteiger partial charge in [0, 0.05) is 13.6 Å². The van der Waals surface area contributed by atoms with Crippen molar-refractivity contribution in [2.75, 3.05) is 20.8 Å². The highest BCUT2D eigenvalue weighted by Crippen LogP contribution is 2.17. The molecule has 4 nitrogen and oxygen atoms in total. The lowest BCUT2D eigenvalue weighted by Crippen LogP contribution is -2.30. The van der Waals surface area contributed by atoms with Crippen LogP contribution in [0.2, 0.25) is 0 Å². The second kappa shape index (κ2) is 7.68. The summed E-state index contributed by atoms with van der Waals surface area (Å²) in [6.45, 7) is 4.65. The van der Waals surface area contributed by atoms with Crippen molar-refractivity contribution in [3.8, 4) is 11.5 Å². The normalized spacial score (nSPS) is 10.3. The van der Waals surface area contributed by atoms with E-state index in [1.807, 2.05) is 56.3 Å². The van der Waals surface area contributed by atoms with E-state index in [1.165, 1.54) is 5.56 Å². The molecular weight excluding hydrogens is 290 g/mol. The molecule has 0 unspecified atom stereocenters. The Morgan fingerprint density at radius 3 is 2.26 bits per heavy atom. The predicted molar refractivity (Wildman–Crippen MR) is 90.9 cm³/mol. The van der Waals surface area contributed by atoms with Crippen LogP contribution in [0.25, 0.3) is 0 Å². The van der Waals surface area contributed by atoms with Crippen LogP contribution in [0.5, 0.6) is 11.5 Å². The molecule has 2 aromatic rings. The number of amides is 1. The lowest BCUT2D eigenvalue weighted by molar-refractivity contribution is -0.132. The third kappa shape index (κ3) is 4.74. The number of carbonyl (C=O) groups is 1. The Balaban J connectivity index is 1.87. The van der Waals surface area contributed by atoms with Crippen molar-refractivity contribution in [3.63, 3.8) is 0 Å². The second-order valence-electron chi connectivity index (χ2n) is 5.63. The van der Waals surface area contributed by atoms with Crippen LogP contribution in [0.4, 0.5) is 0 Å². The molecule has 0 fully saturated rings. The fourth-order valence-corrected chi connectivity index (χ4v) is 2.15. The van der Waals surface area contributed by atoms with Crippen molar-refractivity contribution >= 4 is 5.91 Å². The molecule has 0 aliphatic heterocycles. The molecule has 0 atom stereocenters. The first-order valence-electron chi connectivity index (χ1n) is 7.56. The maximum absolute atomic E-state index is 12.2. The van der Waals surface area contributed by atoms with Crippen molar-refractivity contribution in [1.29, 1.82) is 0 Å². The van der Waals surface area contributed by atoms with Gasteiger partial charge in [0.25, 0.3) is 5.91 Å². The summed E-state index contributed by atoms with van der Waals surface area (Å²) in [7, 11) is 3.41. The van der Waals surface area contributed by atoms with Gasteiger partial charge < -0.3 is 14.4 Å². The van der Waals surface area contributed by atoms with Crippen LogP contribution >= 0.6 is 0 Å². The molecule has 2 rings (SSSR count). The summed E-state index contributed by atoms with van der Waals surface area (Å²) >= 11 is 0. The van der Waals surface area contributed by atoms with Crippen molar-refractivity contribution < 1.29 is 14.3 Å². The van der Waals surface area contributed by atoms with Gasteiger partial charge in [-0.2, -0.15) is 0 Å². The Hall–Kier alpha value is -2.49. The maximum atomic E-state index is 12.2. The first kappa shape index (κ1) is 16.9. The van der Waals surface area contributed by atoms with Gasteiger partial charge in [0.05, 0.1) is 7.11 Å². The molecule has 0 N–H and O–H groups in total. The van der Waals surface area contributed by atoms with E-state index in [1.54, 1.807) is 19.1 Å². The van der Waals surface area contributed by atoms with Crippen LogP contribution in [0.1, 0.15) is 16.7 Å². The number of likely N-dealkylation sites (N-methyl/N-ethyl adjacent to an activating group) is 1. The van der Waals surface area contributed by atoms with E-state index in [-0.39, 0.29) is 12.5 Å². The first-order chi connectivity index (χ1) is 11.0. The molecule has 122 valence electrons. The van der Waals surface area contributed by atoms with Crippen molar-refractivity contribution in [2.45, 2.75) is 20.4 Å². The number of hydrogen-bond donors (Lipinski definition) is 0. The number of methoxy groups -OCH3 is 1. The topological polar surface area (TPSA) is 38.8 Å². The third-order valence-corrected chi connectivity index (χ3v) is 3.85. The third-order valence-electron chi connectivity index (χ3n) is 3.85. The lowest BCUT2D eigenvalue weighted by atomic mass is 10.1. The monoisotopic (exact) mass is 313 g/mol. The van der Waals surface area contributed by atoms with Gasteiger partial charge in [-0.15, -0.1) is 0 Å². The van der Waals surface area contributed by atoms with Gasteiger partial charge in [-0.25, -0.2) is 0 Å².